The number of aromatic nitrogens is 2. The molecule has 0 unspecified atom stereocenters. The van der Waals surface area contributed by atoms with E-state index in [0.29, 0.717) is 34.3 Å². The zero-order chi connectivity index (χ0) is 21.0. The van der Waals surface area contributed by atoms with Crippen LogP contribution in [0.4, 0.5) is 5.69 Å². The summed E-state index contributed by atoms with van der Waals surface area (Å²) in [5.41, 5.74) is 3.40. The number of carbonyl (C=O) groups is 1. The minimum absolute atomic E-state index is 0.323. The molecule has 1 heterocycles. The first-order chi connectivity index (χ1) is 14.0. The van der Waals surface area contributed by atoms with Gasteiger partial charge in [0.1, 0.15) is 11.4 Å². The van der Waals surface area contributed by atoms with Crippen LogP contribution < -0.4 is 24.3 Å². The molecule has 0 fully saturated rings. The van der Waals surface area contributed by atoms with Gasteiger partial charge in [0.05, 0.1) is 34.1 Å². The van der Waals surface area contributed by atoms with Crippen LogP contribution in [0.3, 0.4) is 0 Å². The first-order valence-electron chi connectivity index (χ1n) is 8.82. The van der Waals surface area contributed by atoms with Crippen LogP contribution in [0.25, 0.3) is 11.3 Å². The van der Waals surface area contributed by atoms with E-state index in [1.165, 1.54) is 21.3 Å². The van der Waals surface area contributed by atoms with Crippen LogP contribution in [0.1, 0.15) is 16.1 Å². The predicted molar refractivity (Wildman–Crippen MR) is 109 cm³/mol. The molecule has 0 spiro atoms. The lowest BCUT2D eigenvalue weighted by molar-refractivity contribution is 0.102. The van der Waals surface area contributed by atoms with Crippen molar-refractivity contribution in [1.82, 2.24) is 10.2 Å². The quantitative estimate of drug-likeness (QED) is 0.632. The van der Waals surface area contributed by atoms with Crippen LogP contribution in [0.15, 0.2) is 36.4 Å². The molecule has 3 rings (SSSR count). The monoisotopic (exact) mass is 397 g/mol. The van der Waals surface area contributed by atoms with E-state index < -0.39 is 0 Å². The normalized spacial score (nSPS) is 10.4. The zero-order valence-corrected chi connectivity index (χ0v) is 17.0. The van der Waals surface area contributed by atoms with E-state index in [1.807, 2.05) is 25.1 Å². The summed E-state index contributed by atoms with van der Waals surface area (Å²) < 4.78 is 21.2. The van der Waals surface area contributed by atoms with E-state index in [0.717, 1.165) is 16.9 Å². The summed E-state index contributed by atoms with van der Waals surface area (Å²) in [6.45, 7) is 1.96. The summed E-state index contributed by atoms with van der Waals surface area (Å²) in [6, 6.07) is 10.7. The number of methoxy groups -OCH3 is 4. The number of H-pyrrole nitrogens is 1. The number of carbonyl (C=O) groups excluding carboxylic acids is 1. The second-order valence-electron chi connectivity index (χ2n) is 6.22. The molecular weight excluding hydrogens is 374 g/mol. The molecule has 0 aliphatic rings. The second kappa shape index (κ2) is 8.55. The van der Waals surface area contributed by atoms with Crippen molar-refractivity contribution in [2.45, 2.75) is 6.92 Å². The Morgan fingerprint density at radius 1 is 0.931 bits per heavy atom. The highest BCUT2D eigenvalue weighted by molar-refractivity contribution is 6.03. The second-order valence-corrected chi connectivity index (χ2v) is 6.22. The molecule has 8 nitrogen and oxygen atoms in total. The largest absolute Gasteiger partial charge is 0.497 e. The molecule has 0 aliphatic heterocycles. The smallest absolute Gasteiger partial charge is 0.273 e. The Bertz CT molecular complexity index is 1000. The van der Waals surface area contributed by atoms with Crippen molar-refractivity contribution in [3.63, 3.8) is 0 Å². The van der Waals surface area contributed by atoms with Gasteiger partial charge in [-0.05, 0) is 36.8 Å². The first kappa shape index (κ1) is 20.1. The zero-order valence-electron chi connectivity index (χ0n) is 17.0. The lowest BCUT2D eigenvalue weighted by Crippen LogP contribution is -2.12. The SMILES string of the molecule is COc1ccc(-c2cc(C(=O)Nc3cc(OC)c(OC)c(OC)c3)[nH]n2)c(C)c1. The molecule has 0 saturated heterocycles. The van der Waals surface area contributed by atoms with Crippen LogP contribution >= 0.6 is 0 Å². The summed E-state index contributed by atoms with van der Waals surface area (Å²) in [7, 11) is 6.17. The maximum absolute atomic E-state index is 12.7. The number of ether oxygens (including phenoxy) is 4. The fourth-order valence-corrected chi connectivity index (χ4v) is 2.98. The molecule has 0 saturated carbocycles. The fraction of sp³-hybridized carbons (Fsp3) is 0.238. The van der Waals surface area contributed by atoms with Gasteiger partial charge >= 0.3 is 0 Å². The average Bonchev–Trinajstić information content (AvgIpc) is 3.22. The molecule has 1 aromatic heterocycles. The van der Waals surface area contributed by atoms with E-state index in [-0.39, 0.29) is 5.91 Å². The number of aryl methyl sites for hydroxylation is 1. The Morgan fingerprint density at radius 3 is 2.17 bits per heavy atom. The highest BCUT2D eigenvalue weighted by Crippen LogP contribution is 2.40. The molecule has 2 N–H and O–H groups in total. The number of nitrogens with zero attached hydrogens (tertiary/aromatic N) is 1. The van der Waals surface area contributed by atoms with Crippen LogP contribution in [0.2, 0.25) is 0 Å². The van der Waals surface area contributed by atoms with Crippen molar-refractivity contribution in [1.29, 1.82) is 0 Å². The number of hydrogen-bond donors (Lipinski definition) is 2. The molecular formula is C21H23N3O5. The molecule has 0 radical (unpaired) electrons. The Hall–Kier alpha value is -3.68. The maximum Gasteiger partial charge on any atom is 0.273 e. The third kappa shape index (κ3) is 4.11. The van der Waals surface area contributed by atoms with Crippen LogP contribution in [-0.4, -0.2) is 44.5 Å². The Balaban J connectivity index is 1.84. The predicted octanol–water partition coefficient (Wildman–Crippen LogP) is 3.67. The standard InChI is InChI=1S/C21H23N3O5/c1-12-8-14(26-2)6-7-15(12)16-11-17(24-23-16)21(25)22-13-9-18(27-3)20(29-5)19(10-13)28-4/h6-11H,1-5H3,(H,22,25)(H,23,24). The number of anilines is 1. The summed E-state index contributed by atoms with van der Waals surface area (Å²) >= 11 is 0. The molecule has 0 atom stereocenters. The van der Waals surface area contributed by atoms with Crippen molar-refractivity contribution >= 4 is 11.6 Å². The molecule has 0 aliphatic carbocycles. The van der Waals surface area contributed by atoms with Gasteiger partial charge < -0.3 is 24.3 Å². The van der Waals surface area contributed by atoms with E-state index in [4.69, 9.17) is 18.9 Å². The van der Waals surface area contributed by atoms with Gasteiger partial charge in [-0.15, -0.1) is 0 Å². The van der Waals surface area contributed by atoms with Crippen LogP contribution in [-0.2, 0) is 0 Å². The van der Waals surface area contributed by atoms with E-state index >= 15 is 0 Å². The van der Waals surface area contributed by atoms with Crippen molar-refractivity contribution < 1.29 is 23.7 Å². The van der Waals surface area contributed by atoms with Gasteiger partial charge in [-0.1, -0.05) is 0 Å². The lowest BCUT2D eigenvalue weighted by atomic mass is 10.1. The van der Waals surface area contributed by atoms with Gasteiger partial charge in [0.25, 0.3) is 5.91 Å². The minimum atomic E-state index is -0.343. The van der Waals surface area contributed by atoms with Crippen molar-refractivity contribution in [3.8, 4) is 34.3 Å². The number of aromatic amines is 1. The molecule has 1 amide bonds. The topological polar surface area (TPSA) is 94.7 Å². The van der Waals surface area contributed by atoms with Crippen molar-refractivity contribution in [2.75, 3.05) is 33.8 Å². The van der Waals surface area contributed by atoms with Gasteiger partial charge in [0.2, 0.25) is 5.75 Å². The minimum Gasteiger partial charge on any atom is -0.497 e. The molecule has 3 aromatic rings. The van der Waals surface area contributed by atoms with E-state index in [9.17, 15) is 4.79 Å². The lowest BCUT2D eigenvalue weighted by Gasteiger charge is -2.14. The maximum atomic E-state index is 12.7. The van der Waals surface area contributed by atoms with E-state index in [1.54, 1.807) is 25.3 Å². The van der Waals surface area contributed by atoms with Crippen molar-refractivity contribution in [2.24, 2.45) is 0 Å². The molecule has 152 valence electrons. The van der Waals surface area contributed by atoms with Gasteiger partial charge in [-0.25, -0.2) is 0 Å². The summed E-state index contributed by atoms with van der Waals surface area (Å²) in [5.74, 6) is 1.76. The van der Waals surface area contributed by atoms with Gasteiger partial charge in [-0.3, -0.25) is 9.89 Å². The summed E-state index contributed by atoms with van der Waals surface area (Å²) in [5, 5.41) is 9.85. The number of amides is 1. The molecule has 2 aromatic carbocycles. The number of benzene rings is 2. The van der Waals surface area contributed by atoms with Crippen LogP contribution in [0.5, 0.6) is 23.0 Å². The highest BCUT2D eigenvalue weighted by Gasteiger charge is 2.17. The number of hydrogen-bond acceptors (Lipinski definition) is 6. The fourth-order valence-electron chi connectivity index (χ4n) is 2.98. The number of rotatable bonds is 7. The highest BCUT2D eigenvalue weighted by atomic mass is 16.5. The first-order valence-corrected chi connectivity index (χ1v) is 8.82. The summed E-state index contributed by atoms with van der Waals surface area (Å²) in [6.07, 6.45) is 0. The van der Waals surface area contributed by atoms with E-state index in [2.05, 4.69) is 15.5 Å². The Kier molecular flexibility index (Phi) is 5.92. The molecule has 8 heteroatoms. The summed E-state index contributed by atoms with van der Waals surface area (Å²) in [4.78, 5) is 12.7. The molecule has 29 heavy (non-hydrogen) atoms. The van der Waals surface area contributed by atoms with Gasteiger partial charge in [0, 0.05) is 23.4 Å². The Labute approximate surface area is 168 Å². The van der Waals surface area contributed by atoms with Gasteiger partial charge in [-0.2, -0.15) is 5.10 Å². The Morgan fingerprint density at radius 2 is 1.62 bits per heavy atom. The third-order valence-corrected chi connectivity index (χ3v) is 4.45. The average molecular weight is 397 g/mol. The molecule has 0 bridgehead atoms. The van der Waals surface area contributed by atoms with Crippen LogP contribution in [0, 0.1) is 6.92 Å². The van der Waals surface area contributed by atoms with Gasteiger partial charge in [0.15, 0.2) is 11.5 Å². The van der Waals surface area contributed by atoms with Crippen molar-refractivity contribution in [3.05, 3.63) is 47.7 Å². The number of nitrogens with one attached hydrogen (secondary N) is 2. The third-order valence-electron chi connectivity index (χ3n) is 4.45.